The van der Waals surface area contributed by atoms with Crippen LogP contribution in [0.15, 0.2) is 42.5 Å². The van der Waals surface area contributed by atoms with Crippen molar-refractivity contribution in [1.82, 2.24) is 20.4 Å². The molecule has 3 aromatic rings. The molecule has 1 aromatic heterocycles. The maximum Gasteiger partial charge on any atom is 0.235 e. The number of nitrogens with zero attached hydrogens (tertiary/aromatic N) is 2. The molecule has 7 heteroatoms. The van der Waals surface area contributed by atoms with Gasteiger partial charge in [0.2, 0.25) is 11.8 Å². The van der Waals surface area contributed by atoms with Crippen LogP contribution in [0, 0.1) is 16.7 Å². The molecule has 3 aliphatic rings. The quantitative estimate of drug-likeness (QED) is 0.387. The molecule has 4 atom stereocenters. The lowest BCUT2D eigenvalue weighted by Crippen LogP contribution is -2.44. The van der Waals surface area contributed by atoms with Crippen LogP contribution in [0.5, 0.6) is 0 Å². The van der Waals surface area contributed by atoms with E-state index in [1.807, 2.05) is 29.9 Å². The Bertz CT molecular complexity index is 1390. The first-order valence-electron chi connectivity index (χ1n) is 14.0. The fourth-order valence-corrected chi connectivity index (χ4v) is 7.44. The molecule has 1 saturated heterocycles. The Hall–Kier alpha value is -3.19. The van der Waals surface area contributed by atoms with Crippen molar-refractivity contribution in [3.63, 3.8) is 0 Å². The number of imide groups is 1. The zero-order valence-electron chi connectivity index (χ0n) is 22.9. The summed E-state index contributed by atoms with van der Waals surface area (Å²) in [6, 6.07) is 15.5. The molecule has 2 heterocycles. The van der Waals surface area contributed by atoms with Crippen LogP contribution in [-0.4, -0.2) is 27.6 Å². The molecule has 7 nitrogen and oxygen atoms in total. The Morgan fingerprint density at radius 3 is 2.42 bits per heavy atom. The highest BCUT2D eigenvalue weighted by Crippen LogP contribution is 2.65. The molecule has 3 N–H and O–H groups in total. The number of carbonyl (C=O) groups is 2. The smallest absolute Gasteiger partial charge is 0.235 e. The van der Waals surface area contributed by atoms with Gasteiger partial charge in [0.05, 0.1) is 22.8 Å². The van der Waals surface area contributed by atoms with Gasteiger partial charge < -0.3 is 10.6 Å². The molecule has 1 unspecified atom stereocenters. The monoisotopic (exact) mass is 513 g/mol. The summed E-state index contributed by atoms with van der Waals surface area (Å²) in [6.07, 6.45) is 4.86. The second-order valence-electron chi connectivity index (χ2n) is 12.4. The van der Waals surface area contributed by atoms with Crippen LogP contribution in [0.2, 0.25) is 0 Å². The molecular formula is C31H39N5O2. The SMILES string of the molecule is Cn1nc(C2CCC(=O)NC2=O)c2cccc(NCc3ccc(CN[C@H]4C[C@H]5CC[C@]4(C)C5(C)C)cc3)c21. The van der Waals surface area contributed by atoms with Gasteiger partial charge in [-0.05, 0) is 59.6 Å². The standard InChI is InChI=1S/C31H39N5O2/c1-30(2)21-14-15-31(30,3)25(16-21)33-18-20-10-8-19(9-11-20)17-32-24-7-5-6-22-27(35-36(4)28(22)24)23-12-13-26(37)34-29(23)38/h5-11,21,23,25,32-33H,12-18H2,1-4H3,(H,34,37,38)/t21-,23?,25+,31+/m1/s1. The van der Waals surface area contributed by atoms with Crippen molar-refractivity contribution in [3.05, 3.63) is 59.3 Å². The van der Waals surface area contributed by atoms with Gasteiger partial charge in [-0.1, -0.05) is 57.2 Å². The lowest BCUT2D eigenvalue weighted by atomic mass is 9.69. The van der Waals surface area contributed by atoms with Gasteiger partial charge in [-0.15, -0.1) is 0 Å². The predicted octanol–water partition coefficient (Wildman–Crippen LogP) is 5.01. The molecule has 6 rings (SSSR count). The number of benzene rings is 2. The number of aryl methyl sites for hydroxylation is 1. The van der Waals surface area contributed by atoms with E-state index in [4.69, 9.17) is 5.10 Å². The van der Waals surface area contributed by atoms with Gasteiger partial charge >= 0.3 is 0 Å². The summed E-state index contributed by atoms with van der Waals surface area (Å²) in [7, 11) is 1.91. The highest BCUT2D eigenvalue weighted by molar-refractivity contribution is 6.03. The van der Waals surface area contributed by atoms with E-state index in [-0.39, 0.29) is 11.8 Å². The van der Waals surface area contributed by atoms with E-state index in [1.54, 1.807) is 0 Å². The Morgan fingerprint density at radius 1 is 1.03 bits per heavy atom. The molecule has 2 aliphatic carbocycles. The van der Waals surface area contributed by atoms with Crippen molar-refractivity contribution in [2.75, 3.05) is 5.32 Å². The van der Waals surface area contributed by atoms with E-state index in [0.717, 1.165) is 34.7 Å². The highest BCUT2D eigenvalue weighted by Gasteiger charge is 2.60. The first-order valence-corrected chi connectivity index (χ1v) is 14.0. The number of piperidine rings is 1. The summed E-state index contributed by atoms with van der Waals surface area (Å²) in [5.41, 5.74) is 6.04. The number of hydrogen-bond donors (Lipinski definition) is 3. The third kappa shape index (κ3) is 4.03. The van der Waals surface area contributed by atoms with E-state index in [9.17, 15) is 9.59 Å². The van der Waals surface area contributed by atoms with Crippen molar-refractivity contribution in [2.24, 2.45) is 23.8 Å². The number of hydrogen-bond acceptors (Lipinski definition) is 5. The van der Waals surface area contributed by atoms with E-state index >= 15 is 0 Å². The van der Waals surface area contributed by atoms with Gasteiger partial charge in [0.1, 0.15) is 0 Å². The number of para-hydroxylation sites is 1. The number of fused-ring (bicyclic) bond motifs is 3. The Morgan fingerprint density at radius 2 is 1.76 bits per heavy atom. The number of amides is 2. The van der Waals surface area contributed by atoms with Crippen molar-refractivity contribution >= 4 is 28.4 Å². The maximum absolute atomic E-state index is 12.5. The molecule has 200 valence electrons. The Balaban J connectivity index is 1.11. The molecular weight excluding hydrogens is 474 g/mol. The van der Waals surface area contributed by atoms with Gasteiger partial charge in [0, 0.05) is 38.0 Å². The van der Waals surface area contributed by atoms with Crippen molar-refractivity contribution in [2.45, 2.75) is 77.9 Å². The van der Waals surface area contributed by atoms with E-state index < -0.39 is 5.92 Å². The number of anilines is 1. The molecule has 3 fully saturated rings. The summed E-state index contributed by atoms with van der Waals surface area (Å²) in [4.78, 5) is 24.1. The van der Waals surface area contributed by atoms with E-state index in [1.165, 1.54) is 30.4 Å². The molecule has 2 bridgehead atoms. The zero-order chi connectivity index (χ0) is 26.7. The minimum absolute atomic E-state index is 0.209. The molecule has 2 saturated carbocycles. The highest BCUT2D eigenvalue weighted by atomic mass is 16.2. The number of aromatic nitrogens is 2. The summed E-state index contributed by atoms with van der Waals surface area (Å²) in [5, 5.41) is 15.6. The third-order valence-corrected chi connectivity index (χ3v) is 10.3. The molecule has 0 spiro atoms. The van der Waals surface area contributed by atoms with Crippen LogP contribution in [0.25, 0.3) is 10.9 Å². The van der Waals surface area contributed by atoms with Crippen LogP contribution in [-0.2, 0) is 29.7 Å². The van der Waals surface area contributed by atoms with Crippen LogP contribution >= 0.6 is 0 Å². The van der Waals surface area contributed by atoms with Gasteiger partial charge in [0.25, 0.3) is 0 Å². The van der Waals surface area contributed by atoms with Crippen LogP contribution in [0.1, 0.15) is 75.6 Å². The molecule has 2 amide bonds. The predicted molar refractivity (Wildman–Crippen MR) is 149 cm³/mol. The average Bonchev–Trinajstić information content (AvgIpc) is 3.41. The zero-order valence-corrected chi connectivity index (χ0v) is 22.9. The van der Waals surface area contributed by atoms with Gasteiger partial charge in [0.15, 0.2) is 0 Å². The number of nitrogens with one attached hydrogen (secondary N) is 3. The van der Waals surface area contributed by atoms with Crippen molar-refractivity contribution < 1.29 is 9.59 Å². The fourth-order valence-electron chi connectivity index (χ4n) is 7.44. The van der Waals surface area contributed by atoms with Crippen molar-refractivity contribution in [1.29, 1.82) is 0 Å². The lowest BCUT2D eigenvalue weighted by molar-refractivity contribution is -0.134. The molecule has 0 radical (unpaired) electrons. The number of rotatable bonds is 7. The summed E-state index contributed by atoms with van der Waals surface area (Å²) < 4.78 is 1.84. The molecule has 38 heavy (non-hydrogen) atoms. The van der Waals surface area contributed by atoms with Crippen LogP contribution < -0.4 is 16.0 Å². The topological polar surface area (TPSA) is 88.0 Å². The van der Waals surface area contributed by atoms with E-state index in [0.29, 0.717) is 36.3 Å². The average molecular weight is 514 g/mol. The summed E-state index contributed by atoms with van der Waals surface area (Å²) in [6.45, 7) is 9.03. The Labute approximate surface area is 224 Å². The van der Waals surface area contributed by atoms with E-state index in [2.05, 4.69) is 61.0 Å². The summed E-state index contributed by atoms with van der Waals surface area (Å²) in [5.74, 6) is -0.0184. The third-order valence-electron chi connectivity index (χ3n) is 10.3. The first kappa shape index (κ1) is 25.1. The number of carbonyl (C=O) groups excluding carboxylic acids is 2. The maximum atomic E-state index is 12.5. The van der Waals surface area contributed by atoms with Gasteiger partial charge in [-0.3, -0.25) is 19.6 Å². The summed E-state index contributed by atoms with van der Waals surface area (Å²) >= 11 is 0. The van der Waals surface area contributed by atoms with Crippen molar-refractivity contribution in [3.8, 4) is 0 Å². The second-order valence-corrected chi connectivity index (χ2v) is 12.4. The van der Waals surface area contributed by atoms with Gasteiger partial charge in [-0.25, -0.2) is 0 Å². The molecule has 1 aliphatic heterocycles. The Kier molecular flexibility index (Phi) is 6.10. The first-order chi connectivity index (χ1) is 18.2. The minimum atomic E-state index is -0.402. The second kappa shape index (κ2) is 9.23. The largest absolute Gasteiger partial charge is 0.379 e. The minimum Gasteiger partial charge on any atom is -0.379 e. The van der Waals surface area contributed by atoms with Crippen LogP contribution in [0.4, 0.5) is 5.69 Å². The van der Waals surface area contributed by atoms with Gasteiger partial charge in [-0.2, -0.15) is 5.10 Å². The fraction of sp³-hybridized carbons (Fsp3) is 0.516. The lowest BCUT2D eigenvalue weighted by Gasteiger charge is -2.39. The molecule has 2 aromatic carbocycles. The van der Waals surface area contributed by atoms with Crippen LogP contribution in [0.3, 0.4) is 0 Å². The normalized spacial score (nSPS) is 28.2.